The van der Waals surface area contributed by atoms with E-state index < -0.39 is 5.82 Å². The fourth-order valence-electron chi connectivity index (χ4n) is 0.904. The molecular weight excluding hydrogens is 220 g/mol. The van der Waals surface area contributed by atoms with E-state index >= 15 is 0 Å². The fourth-order valence-corrected chi connectivity index (χ4v) is 2.15. The van der Waals surface area contributed by atoms with Crippen molar-refractivity contribution in [1.82, 2.24) is 4.37 Å². The van der Waals surface area contributed by atoms with Crippen molar-refractivity contribution in [2.75, 3.05) is 0 Å². The maximum atomic E-state index is 12.9. The molecule has 0 aliphatic heterocycles. The van der Waals surface area contributed by atoms with E-state index in [2.05, 4.69) is 4.37 Å². The molecule has 0 aliphatic rings. The second-order valence-corrected chi connectivity index (χ2v) is 3.81. The molecular formula is C7H2Cl2FNS. The molecule has 2 rings (SSSR count). The first kappa shape index (κ1) is 8.23. The highest BCUT2D eigenvalue weighted by atomic mass is 35.5. The van der Waals surface area contributed by atoms with Crippen molar-refractivity contribution in [3.8, 4) is 0 Å². The highest BCUT2D eigenvalue weighted by molar-refractivity contribution is 7.13. The molecule has 0 N–H and O–H groups in total. The van der Waals surface area contributed by atoms with Crippen LogP contribution in [0.1, 0.15) is 0 Å². The number of rotatable bonds is 0. The molecule has 1 aromatic carbocycles. The lowest BCUT2D eigenvalue weighted by Crippen LogP contribution is -1.74. The Kier molecular flexibility index (Phi) is 1.94. The number of hydrogen-bond donors (Lipinski definition) is 0. The number of benzene rings is 1. The Labute approximate surface area is 81.9 Å². The van der Waals surface area contributed by atoms with E-state index in [4.69, 9.17) is 23.2 Å². The number of halogens is 3. The predicted molar refractivity (Wildman–Crippen MR) is 49.6 cm³/mol. The third-order valence-corrected chi connectivity index (χ3v) is 2.96. The average Bonchev–Trinajstić information content (AvgIpc) is 2.35. The zero-order valence-electron chi connectivity index (χ0n) is 5.64. The summed E-state index contributed by atoms with van der Waals surface area (Å²) in [5.41, 5.74) is 0. The Morgan fingerprint density at radius 2 is 2.08 bits per heavy atom. The largest absolute Gasteiger partial charge is 0.205 e. The first-order chi connectivity index (χ1) is 5.68. The quantitative estimate of drug-likeness (QED) is 0.661. The third-order valence-electron chi connectivity index (χ3n) is 1.47. The van der Waals surface area contributed by atoms with Gasteiger partial charge in [0.15, 0.2) is 5.15 Å². The lowest BCUT2D eigenvalue weighted by molar-refractivity contribution is 0.630. The van der Waals surface area contributed by atoms with E-state index in [0.29, 0.717) is 10.5 Å². The Bertz CT molecular complexity index is 440. The molecule has 0 aliphatic carbocycles. The number of nitrogens with zero attached hydrogens (tertiary/aromatic N) is 1. The zero-order chi connectivity index (χ0) is 8.72. The minimum atomic E-state index is -0.466. The predicted octanol–water partition coefficient (Wildman–Crippen LogP) is 3.74. The number of aromatic nitrogens is 1. The number of hydrogen-bond acceptors (Lipinski definition) is 2. The first-order valence-corrected chi connectivity index (χ1v) is 4.61. The highest BCUT2D eigenvalue weighted by Crippen LogP contribution is 2.30. The average molecular weight is 222 g/mol. The summed E-state index contributed by atoms with van der Waals surface area (Å²) in [7, 11) is 0. The molecule has 1 nitrogen and oxygen atoms in total. The monoisotopic (exact) mass is 221 g/mol. The van der Waals surface area contributed by atoms with Crippen LogP contribution in [0.2, 0.25) is 10.2 Å². The van der Waals surface area contributed by atoms with Crippen LogP contribution >= 0.6 is 34.7 Å². The maximum Gasteiger partial charge on any atom is 0.150 e. The van der Waals surface area contributed by atoms with E-state index in [-0.39, 0.29) is 5.02 Å². The van der Waals surface area contributed by atoms with Crippen LogP contribution in [0.3, 0.4) is 0 Å². The smallest absolute Gasteiger partial charge is 0.150 e. The molecule has 0 spiro atoms. The van der Waals surface area contributed by atoms with Gasteiger partial charge in [0.25, 0.3) is 0 Å². The van der Waals surface area contributed by atoms with Gasteiger partial charge in [-0.05, 0) is 23.7 Å². The summed E-state index contributed by atoms with van der Waals surface area (Å²) in [6.07, 6.45) is 0. The Morgan fingerprint density at radius 1 is 1.33 bits per heavy atom. The third kappa shape index (κ3) is 1.18. The lowest BCUT2D eigenvalue weighted by Gasteiger charge is -1.92. The van der Waals surface area contributed by atoms with Crippen molar-refractivity contribution in [2.24, 2.45) is 0 Å². The molecule has 0 saturated carbocycles. The van der Waals surface area contributed by atoms with Crippen molar-refractivity contribution < 1.29 is 4.39 Å². The molecule has 0 amide bonds. The van der Waals surface area contributed by atoms with Crippen molar-refractivity contribution in [3.05, 3.63) is 28.1 Å². The molecule has 12 heavy (non-hydrogen) atoms. The molecule has 0 fully saturated rings. The van der Waals surface area contributed by atoms with Gasteiger partial charge in [0.1, 0.15) is 5.82 Å². The standard InChI is InChI=1S/C7H2Cl2FNS/c8-4-2-6-3(1-5(4)10)7(9)11-12-6/h1-2H. The van der Waals surface area contributed by atoms with Crippen LogP contribution in [-0.2, 0) is 0 Å². The second-order valence-electron chi connectivity index (χ2n) is 2.24. The van der Waals surface area contributed by atoms with Gasteiger partial charge in [-0.2, -0.15) is 4.37 Å². The van der Waals surface area contributed by atoms with Gasteiger partial charge in [-0.15, -0.1) is 0 Å². The van der Waals surface area contributed by atoms with Gasteiger partial charge in [-0.1, -0.05) is 23.2 Å². The minimum absolute atomic E-state index is 0.0998. The van der Waals surface area contributed by atoms with Crippen LogP contribution < -0.4 is 0 Å². The highest BCUT2D eigenvalue weighted by Gasteiger charge is 2.07. The Hall–Kier alpha value is -0.380. The molecule has 0 radical (unpaired) electrons. The van der Waals surface area contributed by atoms with Crippen molar-refractivity contribution >= 4 is 44.8 Å². The maximum absolute atomic E-state index is 12.9. The molecule has 2 aromatic rings. The SMILES string of the molecule is Fc1cc2c(Cl)nsc2cc1Cl. The van der Waals surface area contributed by atoms with E-state index in [1.54, 1.807) is 0 Å². The van der Waals surface area contributed by atoms with Crippen LogP contribution in [-0.4, -0.2) is 4.37 Å². The summed E-state index contributed by atoms with van der Waals surface area (Å²) >= 11 is 12.4. The van der Waals surface area contributed by atoms with Crippen molar-refractivity contribution in [1.29, 1.82) is 0 Å². The summed E-state index contributed by atoms with van der Waals surface area (Å²) < 4.78 is 17.5. The van der Waals surface area contributed by atoms with Gasteiger partial charge in [0.05, 0.1) is 9.72 Å². The van der Waals surface area contributed by atoms with E-state index in [0.717, 1.165) is 4.70 Å². The topological polar surface area (TPSA) is 12.9 Å². The fraction of sp³-hybridized carbons (Fsp3) is 0. The molecule has 0 saturated heterocycles. The van der Waals surface area contributed by atoms with Gasteiger partial charge in [0.2, 0.25) is 0 Å². The van der Waals surface area contributed by atoms with Gasteiger partial charge in [-0.25, -0.2) is 4.39 Å². The zero-order valence-corrected chi connectivity index (χ0v) is 7.97. The second kappa shape index (κ2) is 2.83. The van der Waals surface area contributed by atoms with Crippen LogP contribution in [0.4, 0.5) is 4.39 Å². The summed E-state index contributed by atoms with van der Waals surface area (Å²) in [6.45, 7) is 0. The van der Waals surface area contributed by atoms with Crippen LogP contribution in [0.5, 0.6) is 0 Å². The first-order valence-electron chi connectivity index (χ1n) is 3.08. The molecule has 0 bridgehead atoms. The van der Waals surface area contributed by atoms with Crippen LogP contribution in [0.25, 0.3) is 10.1 Å². The Balaban J connectivity index is 2.87. The molecule has 1 heterocycles. The van der Waals surface area contributed by atoms with Crippen LogP contribution in [0.15, 0.2) is 12.1 Å². The summed E-state index contributed by atoms with van der Waals surface area (Å²) in [5.74, 6) is -0.466. The molecule has 0 unspecified atom stereocenters. The molecule has 0 atom stereocenters. The summed E-state index contributed by atoms with van der Waals surface area (Å²) in [4.78, 5) is 0. The molecule has 62 valence electrons. The Morgan fingerprint density at radius 3 is 2.83 bits per heavy atom. The van der Waals surface area contributed by atoms with Gasteiger partial charge in [-0.3, -0.25) is 0 Å². The van der Waals surface area contributed by atoms with Crippen molar-refractivity contribution in [2.45, 2.75) is 0 Å². The summed E-state index contributed by atoms with van der Waals surface area (Å²) in [5, 5.41) is 1.04. The molecule has 5 heteroatoms. The van der Waals surface area contributed by atoms with E-state index in [1.165, 1.54) is 23.7 Å². The van der Waals surface area contributed by atoms with Gasteiger partial charge in [0, 0.05) is 5.39 Å². The normalized spacial score (nSPS) is 10.9. The van der Waals surface area contributed by atoms with Crippen LogP contribution in [0, 0.1) is 5.82 Å². The van der Waals surface area contributed by atoms with E-state index in [1.807, 2.05) is 0 Å². The van der Waals surface area contributed by atoms with E-state index in [9.17, 15) is 4.39 Å². The minimum Gasteiger partial charge on any atom is -0.205 e. The molecule has 1 aromatic heterocycles. The van der Waals surface area contributed by atoms with Gasteiger partial charge < -0.3 is 0 Å². The number of fused-ring (bicyclic) bond motifs is 1. The lowest BCUT2D eigenvalue weighted by atomic mass is 10.3. The summed E-state index contributed by atoms with van der Waals surface area (Å²) in [6, 6.07) is 2.82. The van der Waals surface area contributed by atoms with Crippen molar-refractivity contribution in [3.63, 3.8) is 0 Å². The van der Waals surface area contributed by atoms with Gasteiger partial charge >= 0.3 is 0 Å².